The number of aryl methyl sites for hydroxylation is 1. The van der Waals surface area contributed by atoms with Gasteiger partial charge in [0.1, 0.15) is 11.4 Å². The van der Waals surface area contributed by atoms with Gasteiger partial charge in [-0.2, -0.15) is 27.7 Å². The molecule has 1 N–H and O–H groups in total. The van der Waals surface area contributed by atoms with Gasteiger partial charge < -0.3 is 5.32 Å². The molecule has 1 saturated heterocycles. The Bertz CT molecular complexity index is 998. The lowest BCUT2D eigenvalue weighted by Crippen LogP contribution is -2.43. The lowest BCUT2D eigenvalue weighted by atomic mass is 9.99. The first kappa shape index (κ1) is 21.3. The standard InChI is InChI=1S/C16H21F3N6O3S/c1-11-14(7-20-23(11)2)29(27,28)25-5-3-4-12(8-25)15(26)22-13-6-21-24(9-13)10-16(17,18)19/h6-7,9,12H,3-5,8,10H2,1-2H3,(H,22,26)/t12-/m1/s1. The number of sulfonamides is 1. The number of nitrogens with zero attached hydrogens (tertiary/aromatic N) is 5. The van der Waals surface area contributed by atoms with Crippen molar-refractivity contribution in [2.45, 2.75) is 37.4 Å². The summed E-state index contributed by atoms with van der Waals surface area (Å²) in [6, 6.07) is 0. The molecule has 9 nitrogen and oxygen atoms in total. The minimum Gasteiger partial charge on any atom is -0.323 e. The molecule has 2 aromatic rings. The van der Waals surface area contributed by atoms with E-state index in [0.717, 1.165) is 12.4 Å². The highest BCUT2D eigenvalue weighted by Crippen LogP contribution is 2.26. The van der Waals surface area contributed by atoms with Gasteiger partial charge in [0.05, 0.1) is 29.7 Å². The number of piperidine rings is 1. The zero-order chi connectivity index (χ0) is 21.4. The summed E-state index contributed by atoms with van der Waals surface area (Å²) in [7, 11) is -2.16. The van der Waals surface area contributed by atoms with Gasteiger partial charge in [-0.05, 0) is 19.8 Å². The summed E-state index contributed by atoms with van der Waals surface area (Å²) in [5.41, 5.74) is 0.621. The number of halogens is 3. The smallest absolute Gasteiger partial charge is 0.323 e. The second-order valence-electron chi connectivity index (χ2n) is 6.95. The van der Waals surface area contributed by atoms with E-state index in [1.54, 1.807) is 14.0 Å². The van der Waals surface area contributed by atoms with Crippen LogP contribution in [0.25, 0.3) is 0 Å². The molecule has 3 heterocycles. The Labute approximate surface area is 165 Å². The van der Waals surface area contributed by atoms with Crippen LogP contribution in [0, 0.1) is 12.8 Å². The van der Waals surface area contributed by atoms with Crippen molar-refractivity contribution in [3.8, 4) is 0 Å². The molecule has 0 aliphatic carbocycles. The Morgan fingerprint density at radius 2 is 2.03 bits per heavy atom. The van der Waals surface area contributed by atoms with Crippen molar-refractivity contribution < 1.29 is 26.4 Å². The maximum Gasteiger partial charge on any atom is 0.408 e. The molecule has 29 heavy (non-hydrogen) atoms. The quantitative estimate of drug-likeness (QED) is 0.769. The Balaban J connectivity index is 1.67. The number of aromatic nitrogens is 4. The molecule has 1 aliphatic rings. The molecule has 0 unspecified atom stereocenters. The van der Waals surface area contributed by atoms with E-state index in [1.807, 2.05) is 0 Å². The van der Waals surface area contributed by atoms with Crippen LogP contribution >= 0.6 is 0 Å². The highest BCUT2D eigenvalue weighted by atomic mass is 32.2. The summed E-state index contributed by atoms with van der Waals surface area (Å²) < 4.78 is 66.4. The van der Waals surface area contributed by atoms with Gasteiger partial charge in [0, 0.05) is 26.3 Å². The van der Waals surface area contributed by atoms with Gasteiger partial charge >= 0.3 is 6.18 Å². The van der Waals surface area contributed by atoms with Crippen LogP contribution in [0.2, 0.25) is 0 Å². The van der Waals surface area contributed by atoms with Crippen LogP contribution in [0.3, 0.4) is 0 Å². The molecule has 0 aromatic carbocycles. The summed E-state index contributed by atoms with van der Waals surface area (Å²) in [5.74, 6) is -1.08. The van der Waals surface area contributed by atoms with Crippen LogP contribution in [0.1, 0.15) is 18.5 Å². The van der Waals surface area contributed by atoms with Crippen LogP contribution in [-0.2, 0) is 28.4 Å². The average molecular weight is 434 g/mol. The lowest BCUT2D eigenvalue weighted by molar-refractivity contribution is -0.142. The summed E-state index contributed by atoms with van der Waals surface area (Å²) in [6.45, 7) is 0.651. The number of amides is 1. The Hall–Kier alpha value is -2.41. The molecule has 1 amide bonds. The van der Waals surface area contributed by atoms with Crippen LogP contribution in [0.5, 0.6) is 0 Å². The highest BCUT2D eigenvalue weighted by Gasteiger charge is 2.35. The molecule has 3 rings (SSSR count). The average Bonchev–Trinajstić information content (AvgIpc) is 3.20. The van der Waals surface area contributed by atoms with Crippen molar-refractivity contribution in [3.05, 3.63) is 24.3 Å². The Morgan fingerprint density at radius 1 is 1.31 bits per heavy atom. The molecule has 1 fully saturated rings. The molecule has 1 aliphatic heterocycles. The first-order valence-corrected chi connectivity index (χ1v) is 10.3. The first-order chi connectivity index (χ1) is 13.5. The highest BCUT2D eigenvalue weighted by molar-refractivity contribution is 7.89. The van der Waals surface area contributed by atoms with Crippen molar-refractivity contribution in [3.63, 3.8) is 0 Å². The normalized spacial score (nSPS) is 18.7. The zero-order valence-corrected chi connectivity index (χ0v) is 16.7. The van der Waals surface area contributed by atoms with Gasteiger partial charge in [0.15, 0.2) is 0 Å². The maximum absolute atomic E-state index is 12.9. The fraction of sp³-hybridized carbons (Fsp3) is 0.562. The molecule has 0 saturated carbocycles. The molecule has 1 atom stereocenters. The van der Waals surface area contributed by atoms with Crippen LogP contribution < -0.4 is 5.32 Å². The number of anilines is 1. The summed E-state index contributed by atoms with van der Waals surface area (Å²) >= 11 is 0. The summed E-state index contributed by atoms with van der Waals surface area (Å²) in [4.78, 5) is 12.6. The van der Waals surface area contributed by atoms with Gasteiger partial charge in [-0.15, -0.1) is 0 Å². The van der Waals surface area contributed by atoms with E-state index in [0.29, 0.717) is 23.2 Å². The number of hydrogen-bond donors (Lipinski definition) is 1. The molecule has 0 bridgehead atoms. The van der Waals surface area contributed by atoms with E-state index in [1.165, 1.54) is 15.2 Å². The number of alkyl halides is 3. The number of nitrogens with one attached hydrogen (secondary N) is 1. The van der Waals surface area contributed by atoms with Crippen molar-refractivity contribution in [1.29, 1.82) is 0 Å². The fourth-order valence-corrected chi connectivity index (χ4v) is 4.90. The van der Waals surface area contributed by atoms with Crippen LogP contribution in [-0.4, -0.2) is 57.5 Å². The molecular formula is C16H21F3N6O3S. The molecule has 13 heteroatoms. The predicted octanol–water partition coefficient (Wildman–Crippen LogP) is 1.53. The van der Waals surface area contributed by atoms with E-state index in [2.05, 4.69) is 15.5 Å². The lowest BCUT2D eigenvalue weighted by Gasteiger charge is -2.31. The van der Waals surface area contributed by atoms with Gasteiger partial charge in [-0.25, -0.2) is 8.42 Å². The minimum atomic E-state index is -4.42. The minimum absolute atomic E-state index is 0.0147. The van der Waals surface area contributed by atoms with Gasteiger partial charge in [-0.1, -0.05) is 0 Å². The van der Waals surface area contributed by atoms with Gasteiger partial charge in [0.25, 0.3) is 0 Å². The fourth-order valence-electron chi connectivity index (χ4n) is 3.19. The maximum atomic E-state index is 12.9. The Morgan fingerprint density at radius 3 is 2.66 bits per heavy atom. The summed E-state index contributed by atoms with van der Waals surface area (Å²) in [6.07, 6.45) is 0.0333. The SMILES string of the molecule is Cc1c(S(=O)(=O)N2CCC[C@@H](C(=O)Nc3cnn(CC(F)(F)F)c3)C2)cnn1C. The second-order valence-corrected chi connectivity index (χ2v) is 8.86. The van der Waals surface area contributed by atoms with Crippen molar-refractivity contribution in [2.75, 3.05) is 18.4 Å². The third kappa shape index (κ3) is 4.78. The van der Waals surface area contributed by atoms with Crippen molar-refractivity contribution >= 4 is 21.6 Å². The number of carbonyl (C=O) groups excluding carboxylic acids is 1. The zero-order valence-electron chi connectivity index (χ0n) is 15.8. The van der Waals surface area contributed by atoms with E-state index < -0.39 is 34.6 Å². The predicted molar refractivity (Wildman–Crippen MR) is 96.3 cm³/mol. The van der Waals surface area contributed by atoms with Crippen molar-refractivity contribution in [2.24, 2.45) is 13.0 Å². The molecule has 2 aromatic heterocycles. The molecular weight excluding hydrogens is 413 g/mol. The van der Waals surface area contributed by atoms with Crippen molar-refractivity contribution in [1.82, 2.24) is 23.9 Å². The topological polar surface area (TPSA) is 102 Å². The van der Waals surface area contributed by atoms with Crippen LogP contribution in [0.15, 0.2) is 23.5 Å². The largest absolute Gasteiger partial charge is 0.408 e. The van der Waals surface area contributed by atoms with E-state index >= 15 is 0 Å². The van der Waals surface area contributed by atoms with Crippen LogP contribution in [0.4, 0.5) is 18.9 Å². The molecule has 0 spiro atoms. The molecule has 0 radical (unpaired) electrons. The third-order valence-electron chi connectivity index (χ3n) is 4.80. The van der Waals surface area contributed by atoms with E-state index in [4.69, 9.17) is 0 Å². The monoisotopic (exact) mass is 434 g/mol. The van der Waals surface area contributed by atoms with E-state index in [-0.39, 0.29) is 23.7 Å². The second kappa shape index (κ2) is 7.78. The number of rotatable bonds is 5. The summed E-state index contributed by atoms with van der Waals surface area (Å²) in [5, 5.41) is 10.0. The van der Waals surface area contributed by atoms with E-state index in [9.17, 15) is 26.4 Å². The molecule has 160 valence electrons. The number of carbonyl (C=O) groups is 1. The Kier molecular flexibility index (Phi) is 5.72. The third-order valence-corrected chi connectivity index (χ3v) is 6.77. The number of hydrogen-bond acceptors (Lipinski definition) is 5. The first-order valence-electron chi connectivity index (χ1n) is 8.86. The van der Waals surface area contributed by atoms with Gasteiger partial charge in [0.2, 0.25) is 15.9 Å². The van der Waals surface area contributed by atoms with Gasteiger partial charge in [-0.3, -0.25) is 14.2 Å².